The number of amides is 2. The topological polar surface area (TPSA) is 81.1 Å². The van der Waals surface area contributed by atoms with Crippen LogP contribution in [0.25, 0.3) is 5.69 Å². The van der Waals surface area contributed by atoms with E-state index in [1.54, 1.807) is 18.1 Å². The Hall–Kier alpha value is -3.35. The molecule has 2 amide bonds. The Morgan fingerprint density at radius 1 is 1.11 bits per heavy atom. The number of nitrogens with zero attached hydrogens (tertiary/aromatic N) is 3. The highest BCUT2D eigenvalue weighted by Crippen LogP contribution is 2.13. The number of aryl methyl sites for hydroxylation is 1. The van der Waals surface area contributed by atoms with Crippen LogP contribution in [-0.4, -0.2) is 33.9 Å². The van der Waals surface area contributed by atoms with Crippen molar-refractivity contribution in [2.24, 2.45) is 0 Å². The Kier molecular flexibility index (Phi) is 6.62. The van der Waals surface area contributed by atoms with E-state index < -0.39 is 0 Å². The summed E-state index contributed by atoms with van der Waals surface area (Å²) in [7, 11) is 1.66. The van der Waals surface area contributed by atoms with Crippen molar-refractivity contribution in [2.75, 3.05) is 7.11 Å². The number of carbonyl (C=O) groups is 1. The maximum Gasteiger partial charge on any atom is 0.315 e. The first-order chi connectivity index (χ1) is 13.6. The van der Waals surface area contributed by atoms with Gasteiger partial charge in [0.1, 0.15) is 18.4 Å². The molecule has 0 bridgehead atoms. The van der Waals surface area contributed by atoms with Gasteiger partial charge in [0, 0.05) is 12.6 Å². The molecule has 2 aromatic carbocycles. The molecule has 0 saturated heterocycles. The lowest BCUT2D eigenvalue weighted by molar-refractivity contribution is 0.237. The fraction of sp³-hybridized carbons (Fsp3) is 0.286. The molecule has 3 aromatic rings. The van der Waals surface area contributed by atoms with E-state index in [1.807, 2.05) is 43.3 Å². The van der Waals surface area contributed by atoms with Gasteiger partial charge in [0.15, 0.2) is 0 Å². The molecule has 0 aliphatic carbocycles. The molecule has 146 valence electrons. The zero-order valence-corrected chi connectivity index (χ0v) is 16.1. The van der Waals surface area contributed by atoms with Gasteiger partial charge in [-0.25, -0.2) is 14.5 Å². The first kappa shape index (κ1) is 19.4. The van der Waals surface area contributed by atoms with Crippen LogP contribution in [0.3, 0.4) is 0 Å². The smallest absolute Gasteiger partial charge is 0.315 e. The van der Waals surface area contributed by atoms with Crippen LogP contribution < -0.4 is 15.4 Å². The van der Waals surface area contributed by atoms with E-state index in [0.29, 0.717) is 6.54 Å². The summed E-state index contributed by atoms with van der Waals surface area (Å²) < 4.78 is 6.85. The minimum atomic E-state index is -0.164. The van der Waals surface area contributed by atoms with Gasteiger partial charge in [-0.05, 0) is 55.2 Å². The van der Waals surface area contributed by atoms with E-state index in [4.69, 9.17) is 4.74 Å². The summed E-state index contributed by atoms with van der Waals surface area (Å²) in [6, 6.07) is 15.7. The minimum absolute atomic E-state index is 0.0804. The van der Waals surface area contributed by atoms with Crippen LogP contribution in [0.2, 0.25) is 0 Å². The van der Waals surface area contributed by atoms with Crippen molar-refractivity contribution in [2.45, 2.75) is 32.4 Å². The maximum absolute atomic E-state index is 12.1. The van der Waals surface area contributed by atoms with Crippen molar-refractivity contribution < 1.29 is 9.53 Å². The number of urea groups is 1. The molecule has 0 aliphatic heterocycles. The molecular formula is C21H25N5O2. The first-order valence-corrected chi connectivity index (χ1v) is 9.25. The third-order valence-corrected chi connectivity index (χ3v) is 4.48. The Morgan fingerprint density at radius 2 is 1.82 bits per heavy atom. The Balaban J connectivity index is 1.39. The fourth-order valence-corrected chi connectivity index (χ4v) is 2.81. The van der Waals surface area contributed by atoms with E-state index >= 15 is 0 Å². The second-order valence-corrected chi connectivity index (χ2v) is 6.62. The summed E-state index contributed by atoms with van der Waals surface area (Å²) in [6.07, 6.45) is 4.91. The van der Waals surface area contributed by atoms with Crippen LogP contribution in [0, 0.1) is 0 Å². The van der Waals surface area contributed by atoms with Gasteiger partial charge in [0.05, 0.1) is 12.8 Å². The van der Waals surface area contributed by atoms with E-state index in [0.717, 1.165) is 29.8 Å². The molecule has 3 rings (SSSR count). The molecule has 1 heterocycles. The third-order valence-electron chi connectivity index (χ3n) is 4.48. The van der Waals surface area contributed by atoms with Crippen LogP contribution in [0.4, 0.5) is 4.79 Å². The molecule has 0 fully saturated rings. The molecule has 1 atom stereocenters. The van der Waals surface area contributed by atoms with Gasteiger partial charge >= 0.3 is 6.03 Å². The molecule has 28 heavy (non-hydrogen) atoms. The van der Waals surface area contributed by atoms with Crippen LogP contribution in [0.15, 0.2) is 61.2 Å². The van der Waals surface area contributed by atoms with Crippen molar-refractivity contribution in [3.05, 3.63) is 72.3 Å². The van der Waals surface area contributed by atoms with Crippen LogP contribution >= 0.6 is 0 Å². The number of aromatic nitrogens is 3. The molecular weight excluding hydrogens is 354 g/mol. The highest BCUT2D eigenvalue weighted by atomic mass is 16.5. The van der Waals surface area contributed by atoms with Gasteiger partial charge in [0.25, 0.3) is 0 Å². The molecule has 0 radical (unpaired) electrons. The van der Waals surface area contributed by atoms with E-state index in [-0.39, 0.29) is 12.1 Å². The predicted octanol–water partition coefficient (Wildman–Crippen LogP) is 3.10. The largest absolute Gasteiger partial charge is 0.497 e. The number of carbonyl (C=O) groups excluding carboxylic acids is 1. The van der Waals surface area contributed by atoms with Crippen LogP contribution in [-0.2, 0) is 13.0 Å². The van der Waals surface area contributed by atoms with Gasteiger partial charge < -0.3 is 15.4 Å². The normalized spacial score (nSPS) is 11.6. The number of methoxy groups -OCH3 is 1. The Bertz CT molecular complexity index is 861. The number of nitrogens with one attached hydrogen (secondary N) is 2. The van der Waals surface area contributed by atoms with Gasteiger partial charge in [-0.1, -0.05) is 24.3 Å². The third kappa shape index (κ3) is 5.57. The summed E-state index contributed by atoms with van der Waals surface area (Å²) in [5.41, 5.74) is 3.17. The average molecular weight is 379 g/mol. The highest BCUT2D eigenvalue weighted by molar-refractivity contribution is 5.74. The zero-order valence-electron chi connectivity index (χ0n) is 16.1. The average Bonchev–Trinajstić information content (AvgIpc) is 3.26. The molecule has 1 aromatic heterocycles. The number of ether oxygens (including phenoxy) is 1. The molecule has 7 heteroatoms. The summed E-state index contributed by atoms with van der Waals surface area (Å²) in [5.74, 6) is 0.851. The highest BCUT2D eigenvalue weighted by Gasteiger charge is 2.07. The van der Waals surface area contributed by atoms with E-state index in [1.165, 1.54) is 11.9 Å². The summed E-state index contributed by atoms with van der Waals surface area (Å²) in [4.78, 5) is 16.0. The maximum atomic E-state index is 12.1. The van der Waals surface area contributed by atoms with Crippen molar-refractivity contribution in [3.63, 3.8) is 0 Å². The lowest BCUT2D eigenvalue weighted by Gasteiger charge is -2.15. The van der Waals surface area contributed by atoms with Crippen molar-refractivity contribution >= 4 is 6.03 Å². The minimum Gasteiger partial charge on any atom is -0.497 e. The number of rotatable bonds is 8. The summed E-state index contributed by atoms with van der Waals surface area (Å²) >= 11 is 0. The second-order valence-electron chi connectivity index (χ2n) is 6.62. The molecule has 0 spiro atoms. The fourth-order valence-electron chi connectivity index (χ4n) is 2.81. The molecule has 2 N–H and O–H groups in total. The predicted molar refractivity (Wildman–Crippen MR) is 108 cm³/mol. The lowest BCUT2D eigenvalue weighted by atomic mass is 10.1. The van der Waals surface area contributed by atoms with E-state index in [2.05, 4.69) is 32.8 Å². The number of hydrogen-bond acceptors (Lipinski definition) is 4. The first-order valence-electron chi connectivity index (χ1n) is 9.25. The molecule has 0 aliphatic rings. The van der Waals surface area contributed by atoms with Gasteiger partial charge in [0.2, 0.25) is 0 Å². The standard InChI is InChI=1S/C21H25N5O2/c1-16(3-4-17-7-11-20(28-2)12-8-17)25-21(27)23-13-18-5-9-19(10-6-18)26-15-22-14-24-26/h5-12,14-16H,3-4,13H2,1-2H3,(H2,23,25,27)/t16-/m1/s1. The SMILES string of the molecule is COc1ccc(CC[C@@H](C)NC(=O)NCc2ccc(-n3cncn3)cc2)cc1. The van der Waals surface area contributed by atoms with Crippen molar-refractivity contribution in [1.82, 2.24) is 25.4 Å². The van der Waals surface area contributed by atoms with Crippen molar-refractivity contribution in [3.8, 4) is 11.4 Å². The van der Waals surface area contributed by atoms with Crippen LogP contribution in [0.1, 0.15) is 24.5 Å². The quantitative estimate of drug-likeness (QED) is 0.630. The number of benzene rings is 2. The molecule has 0 unspecified atom stereocenters. The summed E-state index contributed by atoms with van der Waals surface area (Å²) in [5, 5.41) is 9.97. The van der Waals surface area contributed by atoms with Crippen molar-refractivity contribution in [1.29, 1.82) is 0 Å². The summed E-state index contributed by atoms with van der Waals surface area (Å²) in [6.45, 7) is 2.48. The Labute approximate surface area is 164 Å². The zero-order chi connectivity index (χ0) is 19.8. The monoisotopic (exact) mass is 379 g/mol. The lowest BCUT2D eigenvalue weighted by Crippen LogP contribution is -2.40. The molecule has 7 nitrogen and oxygen atoms in total. The van der Waals surface area contributed by atoms with Crippen LogP contribution in [0.5, 0.6) is 5.75 Å². The number of hydrogen-bond donors (Lipinski definition) is 2. The van der Waals surface area contributed by atoms with Gasteiger partial charge in [-0.3, -0.25) is 0 Å². The molecule has 0 saturated carbocycles. The second kappa shape index (κ2) is 9.55. The Morgan fingerprint density at radius 3 is 2.46 bits per heavy atom. The van der Waals surface area contributed by atoms with E-state index in [9.17, 15) is 4.79 Å². The van der Waals surface area contributed by atoms with Gasteiger partial charge in [-0.15, -0.1) is 0 Å². The van der Waals surface area contributed by atoms with Gasteiger partial charge in [-0.2, -0.15) is 5.10 Å².